The Kier molecular flexibility index (Phi) is 5.48. The van der Waals surface area contributed by atoms with Crippen LogP contribution in [0.2, 0.25) is 0 Å². The first-order valence-corrected chi connectivity index (χ1v) is 8.53. The van der Waals surface area contributed by atoms with Crippen molar-refractivity contribution >= 4 is 11.9 Å². The molecule has 0 aromatic heterocycles. The Bertz CT molecular complexity index is 416. The molecule has 1 amide bonds. The zero-order valence-corrected chi connectivity index (χ0v) is 14.3. The van der Waals surface area contributed by atoms with Gasteiger partial charge in [-0.3, -0.25) is 14.5 Å². The molecule has 0 bridgehead atoms. The lowest BCUT2D eigenvalue weighted by Crippen LogP contribution is -2.55. The van der Waals surface area contributed by atoms with Gasteiger partial charge in [0.25, 0.3) is 0 Å². The molecule has 5 nitrogen and oxygen atoms in total. The first-order valence-electron chi connectivity index (χ1n) is 8.53. The highest BCUT2D eigenvalue weighted by atomic mass is 16.4. The van der Waals surface area contributed by atoms with Gasteiger partial charge < -0.3 is 10.0 Å². The molecule has 2 rings (SSSR count). The number of carboxylic acid groups (broad SMARTS) is 1. The zero-order valence-electron chi connectivity index (χ0n) is 14.3. The van der Waals surface area contributed by atoms with Crippen molar-refractivity contribution < 1.29 is 14.7 Å². The lowest BCUT2D eigenvalue weighted by molar-refractivity contribution is -0.148. The molecule has 126 valence electrons. The van der Waals surface area contributed by atoms with Crippen molar-refractivity contribution in [2.75, 3.05) is 26.2 Å². The van der Waals surface area contributed by atoms with Gasteiger partial charge in [0, 0.05) is 26.2 Å². The van der Waals surface area contributed by atoms with Crippen LogP contribution in [-0.2, 0) is 9.59 Å². The number of likely N-dealkylation sites (tertiary alicyclic amines) is 2. The van der Waals surface area contributed by atoms with Gasteiger partial charge in [0.15, 0.2) is 0 Å². The summed E-state index contributed by atoms with van der Waals surface area (Å²) < 4.78 is 0. The number of carbonyl (C=O) groups excluding carboxylic acids is 1. The average Bonchev–Trinajstić information content (AvgIpc) is 2.43. The van der Waals surface area contributed by atoms with E-state index >= 15 is 0 Å². The fraction of sp³-hybridized carbons (Fsp3) is 0.882. The summed E-state index contributed by atoms with van der Waals surface area (Å²) in [6, 6.07) is -0.220. The van der Waals surface area contributed by atoms with Crippen LogP contribution in [0.4, 0.5) is 0 Å². The fourth-order valence-electron chi connectivity index (χ4n) is 4.15. The third kappa shape index (κ3) is 4.00. The van der Waals surface area contributed by atoms with Crippen LogP contribution >= 0.6 is 0 Å². The van der Waals surface area contributed by atoms with Crippen molar-refractivity contribution in [1.29, 1.82) is 0 Å². The first kappa shape index (κ1) is 17.3. The number of aliphatic carboxylic acids is 1. The van der Waals surface area contributed by atoms with Crippen LogP contribution in [0.15, 0.2) is 0 Å². The molecule has 0 saturated carbocycles. The lowest BCUT2D eigenvalue weighted by atomic mass is 9.89. The molecule has 0 aliphatic carbocycles. The fourth-order valence-corrected chi connectivity index (χ4v) is 4.15. The topological polar surface area (TPSA) is 60.9 Å². The number of carboxylic acids is 1. The van der Waals surface area contributed by atoms with Gasteiger partial charge in [0.1, 0.15) is 0 Å². The summed E-state index contributed by atoms with van der Waals surface area (Å²) in [5, 5.41) is 9.29. The standard InChI is InChI=1S/C17H30N2O3/c1-11-5-12(2)9-19(8-11)16(20)14(4)18-7-13(3)6-15(10-18)17(21)22/h11-15H,5-10H2,1-4H3,(H,21,22). The summed E-state index contributed by atoms with van der Waals surface area (Å²) in [4.78, 5) is 28.2. The van der Waals surface area contributed by atoms with E-state index in [4.69, 9.17) is 0 Å². The summed E-state index contributed by atoms with van der Waals surface area (Å²) in [7, 11) is 0. The molecule has 5 unspecified atom stereocenters. The van der Waals surface area contributed by atoms with Crippen molar-refractivity contribution in [3.63, 3.8) is 0 Å². The first-order chi connectivity index (χ1) is 10.3. The Morgan fingerprint density at radius 2 is 1.50 bits per heavy atom. The maximum absolute atomic E-state index is 12.8. The van der Waals surface area contributed by atoms with Crippen molar-refractivity contribution in [3.8, 4) is 0 Å². The normalized spacial score (nSPS) is 35.2. The minimum Gasteiger partial charge on any atom is -0.481 e. The van der Waals surface area contributed by atoms with Crippen LogP contribution in [0.5, 0.6) is 0 Å². The highest BCUT2D eigenvalue weighted by Gasteiger charge is 2.36. The van der Waals surface area contributed by atoms with Gasteiger partial charge in [-0.2, -0.15) is 0 Å². The van der Waals surface area contributed by atoms with Crippen LogP contribution < -0.4 is 0 Å². The van der Waals surface area contributed by atoms with E-state index in [9.17, 15) is 14.7 Å². The van der Waals surface area contributed by atoms with Gasteiger partial charge in [-0.25, -0.2) is 0 Å². The predicted octanol–water partition coefficient (Wildman–Crippen LogP) is 1.92. The summed E-state index contributed by atoms with van der Waals surface area (Å²) in [6.45, 7) is 11.4. The Morgan fingerprint density at radius 1 is 0.955 bits per heavy atom. The van der Waals surface area contributed by atoms with E-state index in [1.807, 2.05) is 11.8 Å². The number of piperidine rings is 2. The molecule has 5 atom stereocenters. The Labute approximate surface area is 133 Å². The average molecular weight is 310 g/mol. The molecule has 2 saturated heterocycles. The number of amides is 1. The Hall–Kier alpha value is -1.10. The highest BCUT2D eigenvalue weighted by Crippen LogP contribution is 2.26. The van der Waals surface area contributed by atoms with Crippen molar-refractivity contribution in [2.24, 2.45) is 23.7 Å². The monoisotopic (exact) mass is 310 g/mol. The van der Waals surface area contributed by atoms with Gasteiger partial charge in [0.05, 0.1) is 12.0 Å². The van der Waals surface area contributed by atoms with Crippen molar-refractivity contribution in [2.45, 2.75) is 46.6 Å². The largest absolute Gasteiger partial charge is 0.481 e. The van der Waals surface area contributed by atoms with E-state index in [0.717, 1.165) is 19.6 Å². The van der Waals surface area contributed by atoms with E-state index < -0.39 is 5.97 Å². The summed E-state index contributed by atoms with van der Waals surface area (Å²) in [5.74, 6) is 0.495. The smallest absolute Gasteiger partial charge is 0.307 e. The Balaban J connectivity index is 2.01. The van der Waals surface area contributed by atoms with E-state index in [2.05, 4.69) is 25.7 Å². The molecule has 2 aliphatic rings. The van der Waals surface area contributed by atoms with Gasteiger partial charge in [-0.05, 0) is 37.5 Å². The number of hydrogen-bond donors (Lipinski definition) is 1. The molecule has 0 aromatic carbocycles. The molecular weight excluding hydrogens is 280 g/mol. The molecule has 22 heavy (non-hydrogen) atoms. The number of rotatable bonds is 3. The zero-order chi connectivity index (χ0) is 16.4. The summed E-state index contributed by atoms with van der Waals surface area (Å²) in [6.07, 6.45) is 1.89. The molecule has 2 fully saturated rings. The second kappa shape index (κ2) is 6.99. The van der Waals surface area contributed by atoms with E-state index in [0.29, 0.717) is 30.7 Å². The molecule has 0 radical (unpaired) electrons. The molecule has 0 spiro atoms. The minimum absolute atomic E-state index is 0.164. The third-order valence-electron chi connectivity index (χ3n) is 5.12. The van der Waals surface area contributed by atoms with Crippen LogP contribution in [0, 0.1) is 23.7 Å². The maximum atomic E-state index is 12.8. The predicted molar refractivity (Wildman–Crippen MR) is 85.5 cm³/mol. The summed E-state index contributed by atoms with van der Waals surface area (Å²) in [5.41, 5.74) is 0. The van der Waals surface area contributed by atoms with Crippen LogP contribution in [0.3, 0.4) is 0 Å². The van der Waals surface area contributed by atoms with Crippen LogP contribution in [-0.4, -0.2) is 59.0 Å². The van der Waals surface area contributed by atoms with Crippen LogP contribution in [0.1, 0.15) is 40.5 Å². The van der Waals surface area contributed by atoms with E-state index in [1.54, 1.807) is 0 Å². The van der Waals surface area contributed by atoms with Gasteiger partial charge in [-0.15, -0.1) is 0 Å². The SMILES string of the molecule is CC1CC(C)CN(C(=O)C(C)N2CC(C)CC(C(=O)O)C2)C1. The maximum Gasteiger partial charge on any atom is 0.307 e. The van der Waals surface area contributed by atoms with Gasteiger partial charge in [0.2, 0.25) is 5.91 Å². The van der Waals surface area contributed by atoms with E-state index in [-0.39, 0.29) is 17.9 Å². The van der Waals surface area contributed by atoms with Crippen LogP contribution in [0.25, 0.3) is 0 Å². The third-order valence-corrected chi connectivity index (χ3v) is 5.12. The number of hydrogen-bond acceptors (Lipinski definition) is 3. The second-order valence-corrected chi connectivity index (χ2v) is 7.70. The molecule has 1 N–H and O–H groups in total. The Morgan fingerprint density at radius 3 is 2.05 bits per heavy atom. The highest BCUT2D eigenvalue weighted by molar-refractivity contribution is 5.81. The molecular formula is C17H30N2O3. The lowest BCUT2D eigenvalue weighted by Gasteiger charge is -2.42. The van der Waals surface area contributed by atoms with Gasteiger partial charge >= 0.3 is 5.97 Å². The molecule has 2 heterocycles. The number of carbonyl (C=O) groups is 2. The molecule has 0 aromatic rings. The quantitative estimate of drug-likeness (QED) is 0.865. The van der Waals surface area contributed by atoms with Crippen molar-refractivity contribution in [3.05, 3.63) is 0 Å². The second-order valence-electron chi connectivity index (χ2n) is 7.70. The molecule has 5 heteroatoms. The minimum atomic E-state index is -0.739. The molecule has 2 aliphatic heterocycles. The summed E-state index contributed by atoms with van der Waals surface area (Å²) >= 11 is 0. The van der Waals surface area contributed by atoms with Crippen molar-refractivity contribution in [1.82, 2.24) is 9.80 Å². The van der Waals surface area contributed by atoms with Gasteiger partial charge in [-0.1, -0.05) is 20.8 Å². The number of nitrogens with zero attached hydrogens (tertiary/aromatic N) is 2. The van der Waals surface area contributed by atoms with E-state index in [1.165, 1.54) is 6.42 Å².